The van der Waals surface area contributed by atoms with E-state index in [9.17, 15) is 9.59 Å². The summed E-state index contributed by atoms with van der Waals surface area (Å²) in [6.07, 6.45) is 5.49. The first-order valence-electron chi connectivity index (χ1n) is 9.49. The maximum absolute atomic E-state index is 12.9. The smallest absolute Gasteiger partial charge is 0.251 e. The number of nitrogens with zero attached hydrogens (tertiary/aromatic N) is 2. The molecule has 3 aromatic rings. The summed E-state index contributed by atoms with van der Waals surface area (Å²) in [7, 11) is 0. The zero-order valence-corrected chi connectivity index (χ0v) is 18.9. The molecule has 2 amide bonds. The van der Waals surface area contributed by atoms with Gasteiger partial charge in [0.05, 0.1) is 10.8 Å². The standard InChI is InChI=1S/C20H22N4O2S3/c1-9-10(2)27-18-14(9)19(23-8-22-18)28-11(3)17(26)24-20-15(16(21)25)12-6-4-5-7-13(12)29-20/h8,11H,4-7H2,1-3H3,(H2,21,25)(H,24,26). The lowest BCUT2D eigenvalue weighted by Gasteiger charge is -2.13. The van der Waals surface area contributed by atoms with Crippen LogP contribution in [0.1, 0.15) is 51.0 Å². The Morgan fingerprint density at radius 3 is 2.72 bits per heavy atom. The molecule has 9 heteroatoms. The minimum Gasteiger partial charge on any atom is -0.365 e. The number of primary amides is 1. The topological polar surface area (TPSA) is 98.0 Å². The number of anilines is 1. The number of rotatable bonds is 5. The lowest BCUT2D eigenvalue weighted by molar-refractivity contribution is -0.115. The molecule has 3 aromatic heterocycles. The average Bonchev–Trinajstić information content (AvgIpc) is 3.19. The predicted octanol–water partition coefficient (Wildman–Crippen LogP) is 4.47. The molecule has 1 unspecified atom stereocenters. The van der Waals surface area contributed by atoms with Crippen LogP contribution in [0.3, 0.4) is 0 Å². The molecule has 4 rings (SSSR count). The van der Waals surface area contributed by atoms with Crippen LogP contribution in [0, 0.1) is 13.8 Å². The summed E-state index contributed by atoms with van der Waals surface area (Å²) >= 11 is 4.53. The SMILES string of the molecule is Cc1sc2ncnc(SC(C)C(=O)Nc3sc4c(c3C(N)=O)CCCC4)c2c1C. The van der Waals surface area contributed by atoms with E-state index in [0.717, 1.165) is 52.1 Å². The fourth-order valence-corrected chi connectivity index (χ4v) is 6.92. The van der Waals surface area contributed by atoms with Gasteiger partial charge in [0.1, 0.15) is 21.2 Å². The second-order valence-corrected chi connectivity index (χ2v) is 10.8. The number of hydrogen-bond acceptors (Lipinski definition) is 7. The Labute approximate surface area is 181 Å². The van der Waals surface area contributed by atoms with E-state index in [1.54, 1.807) is 17.7 Å². The Hall–Kier alpha value is -1.97. The van der Waals surface area contributed by atoms with E-state index in [4.69, 9.17) is 5.73 Å². The van der Waals surface area contributed by atoms with Gasteiger partial charge in [0.25, 0.3) is 5.91 Å². The fourth-order valence-electron chi connectivity index (χ4n) is 3.59. The molecule has 0 aromatic carbocycles. The number of aromatic nitrogens is 2. The molecule has 3 N–H and O–H groups in total. The molecule has 0 aliphatic heterocycles. The van der Waals surface area contributed by atoms with Gasteiger partial charge < -0.3 is 11.1 Å². The quantitative estimate of drug-likeness (QED) is 0.445. The highest BCUT2D eigenvalue weighted by Crippen LogP contribution is 2.39. The van der Waals surface area contributed by atoms with Crippen molar-refractivity contribution in [1.29, 1.82) is 0 Å². The van der Waals surface area contributed by atoms with Gasteiger partial charge in [-0.25, -0.2) is 9.97 Å². The van der Waals surface area contributed by atoms with Gasteiger partial charge in [-0.1, -0.05) is 11.8 Å². The molecular formula is C20H22N4O2S3. The van der Waals surface area contributed by atoms with Crippen molar-refractivity contribution in [3.8, 4) is 0 Å². The summed E-state index contributed by atoms with van der Waals surface area (Å²) in [5.41, 5.74) is 8.30. The maximum atomic E-state index is 12.9. The first-order chi connectivity index (χ1) is 13.9. The third-order valence-electron chi connectivity index (χ3n) is 5.24. The number of carbonyl (C=O) groups is 2. The van der Waals surface area contributed by atoms with Crippen LogP contribution in [0.4, 0.5) is 5.00 Å². The van der Waals surface area contributed by atoms with Crippen LogP contribution in [0.2, 0.25) is 0 Å². The lowest BCUT2D eigenvalue weighted by atomic mass is 9.95. The van der Waals surface area contributed by atoms with Crippen molar-refractivity contribution in [2.24, 2.45) is 5.73 Å². The molecule has 0 saturated carbocycles. The molecule has 0 spiro atoms. The minimum atomic E-state index is -0.470. The predicted molar refractivity (Wildman–Crippen MR) is 120 cm³/mol. The molecule has 6 nitrogen and oxygen atoms in total. The van der Waals surface area contributed by atoms with Crippen LogP contribution in [-0.4, -0.2) is 27.0 Å². The van der Waals surface area contributed by atoms with Gasteiger partial charge in [-0.15, -0.1) is 22.7 Å². The van der Waals surface area contributed by atoms with Crippen molar-refractivity contribution in [2.75, 3.05) is 5.32 Å². The summed E-state index contributed by atoms with van der Waals surface area (Å²) in [6.45, 7) is 5.97. The number of amides is 2. The fraction of sp³-hybridized carbons (Fsp3) is 0.400. The summed E-state index contributed by atoms with van der Waals surface area (Å²) in [5.74, 6) is -0.630. The zero-order valence-electron chi connectivity index (χ0n) is 16.5. The van der Waals surface area contributed by atoms with Gasteiger partial charge >= 0.3 is 0 Å². The number of nitrogens with one attached hydrogen (secondary N) is 1. The molecule has 1 atom stereocenters. The number of thiophene rings is 2. The highest BCUT2D eigenvalue weighted by atomic mass is 32.2. The molecule has 1 aliphatic rings. The first kappa shape index (κ1) is 20.3. The van der Waals surface area contributed by atoms with E-state index in [0.29, 0.717) is 10.6 Å². The Morgan fingerprint density at radius 1 is 1.21 bits per heavy atom. The summed E-state index contributed by atoms with van der Waals surface area (Å²) in [5, 5.41) is 4.98. The van der Waals surface area contributed by atoms with Gasteiger partial charge in [-0.05, 0) is 57.6 Å². The summed E-state index contributed by atoms with van der Waals surface area (Å²) in [6, 6.07) is 0. The second kappa shape index (κ2) is 8.04. The third-order valence-corrected chi connectivity index (χ3v) is 8.67. The minimum absolute atomic E-state index is 0.160. The van der Waals surface area contributed by atoms with Crippen molar-refractivity contribution in [3.05, 3.63) is 32.8 Å². The molecule has 29 heavy (non-hydrogen) atoms. The van der Waals surface area contributed by atoms with E-state index in [1.807, 2.05) is 6.92 Å². The van der Waals surface area contributed by atoms with Crippen molar-refractivity contribution in [1.82, 2.24) is 9.97 Å². The van der Waals surface area contributed by atoms with Crippen molar-refractivity contribution in [3.63, 3.8) is 0 Å². The molecule has 0 saturated heterocycles. The lowest BCUT2D eigenvalue weighted by Crippen LogP contribution is -2.24. The largest absolute Gasteiger partial charge is 0.365 e. The van der Waals surface area contributed by atoms with Crippen molar-refractivity contribution in [2.45, 2.75) is 56.7 Å². The molecule has 1 aliphatic carbocycles. The zero-order chi connectivity index (χ0) is 20.7. The van der Waals surface area contributed by atoms with Gasteiger partial charge in [-0.3, -0.25) is 9.59 Å². The summed E-state index contributed by atoms with van der Waals surface area (Å²) < 4.78 is 0. The molecular weight excluding hydrogens is 424 g/mol. The average molecular weight is 447 g/mol. The Kier molecular flexibility index (Phi) is 5.63. The Bertz CT molecular complexity index is 1120. The van der Waals surface area contributed by atoms with Gasteiger partial charge in [0, 0.05) is 15.1 Å². The van der Waals surface area contributed by atoms with E-state index in [-0.39, 0.29) is 11.2 Å². The molecule has 0 radical (unpaired) electrons. The van der Waals surface area contributed by atoms with E-state index >= 15 is 0 Å². The Morgan fingerprint density at radius 2 is 1.97 bits per heavy atom. The molecule has 152 valence electrons. The summed E-state index contributed by atoms with van der Waals surface area (Å²) in [4.78, 5) is 37.0. The highest BCUT2D eigenvalue weighted by molar-refractivity contribution is 8.00. The third kappa shape index (κ3) is 3.78. The van der Waals surface area contributed by atoms with E-state index in [1.165, 1.54) is 32.9 Å². The van der Waals surface area contributed by atoms with Crippen molar-refractivity contribution >= 4 is 61.5 Å². The molecule has 0 bridgehead atoms. The maximum Gasteiger partial charge on any atom is 0.251 e. The Balaban J connectivity index is 1.57. The highest BCUT2D eigenvalue weighted by Gasteiger charge is 2.27. The van der Waals surface area contributed by atoms with Gasteiger partial charge in [0.15, 0.2) is 0 Å². The number of nitrogens with two attached hydrogens (primary N) is 1. The first-order valence-corrected chi connectivity index (χ1v) is 12.0. The number of fused-ring (bicyclic) bond motifs is 2. The van der Waals surface area contributed by atoms with Crippen LogP contribution in [0.5, 0.6) is 0 Å². The number of aryl methyl sites for hydroxylation is 3. The monoisotopic (exact) mass is 446 g/mol. The van der Waals surface area contributed by atoms with Crippen LogP contribution in [0.15, 0.2) is 11.4 Å². The number of hydrogen-bond donors (Lipinski definition) is 2. The van der Waals surface area contributed by atoms with E-state index in [2.05, 4.69) is 29.1 Å². The number of thioether (sulfide) groups is 1. The van der Waals surface area contributed by atoms with Crippen LogP contribution >= 0.6 is 34.4 Å². The van der Waals surface area contributed by atoms with Gasteiger partial charge in [-0.2, -0.15) is 0 Å². The van der Waals surface area contributed by atoms with Crippen LogP contribution in [-0.2, 0) is 17.6 Å². The molecule has 0 fully saturated rings. The van der Waals surface area contributed by atoms with Crippen molar-refractivity contribution < 1.29 is 9.59 Å². The number of carbonyl (C=O) groups excluding carboxylic acids is 2. The van der Waals surface area contributed by atoms with Crippen LogP contribution in [0.25, 0.3) is 10.2 Å². The molecule has 3 heterocycles. The second-order valence-electron chi connectivity index (χ2n) is 7.17. The van der Waals surface area contributed by atoms with Crippen LogP contribution < -0.4 is 11.1 Å². The normalized spacial score (nSPS) is 14.6. The van der Waals surface area contributed by atoms with Gasteiger partial charge in [0.2, 0.25) is 5.91 Å². The van der Waals surface area contributed by atoms with E-state index < -0.39 is 5.91 Å².